The number of hydrogen-bond acceptors (Lipinski definition) is 4. The second-order valence-corrected chi connectivity index (χ2v) is 7.55. The minimum Gasteiger partial charge on any atom is -0.497 e. The molecule has 0 aliphatic carbocycles. The SMILES string of the molecule is COc1cccc(C(=O)Nc2cccc(SCC(=O)Nc3cccc(Cl)c3)c2)c1. The maximum absolute atomic E-state index is 12.4. The molecular weight excluding hydrogens is 408 g/mol. The van der Waals surface area contributed by atoms with Crippen LogP contribution in [-0.2, 0) is 4.79 Å². The van der Waals surface area contributed by atoms with E-state index in [-0.39, 0.29) is 17.6 Å². The zero-order valence-corrected chi connectivity index (χ0v) is 17.2. The summed E-state index contributed by atoms with van der Waals surface area (Å²) in [5.74, 6) is 0.486. The van der Waals surface area contributed by atoms with Crippen LogP contribution >= 0.6 is 23.4 Å². The average molecular weight is 427 g/mol. The highest BCUT2D eigenvalue weighted by Crippen LogP contribution is 2.23. The van der Waals surface area contributed by atoms with E-state index in [2.05, 4.69) is 10.6 Å². The van der Waals surface area contributed by atoms with Crippen molar-refractivity contribution in [2.45, 2.75) is 4.90 Å². The third-order valence-corrected chi connectivity index (χ3v) is 5.13. The molecule has 5 nitrogen and oxygen atoms in total. The molecule has 3 rings (SSSR count). The van der Waals surface area contributed by atoms with Crippen LogP contribution in [0.15, 0.2) is 77.7 Å². The van der Waals surface area contributed by atoms with E-state index in [0.29, 0.717) is 27.7 Å². The largest absolute Gasteiger partial charge is 0.497 e. The van der Waals surface area contributed by atoms with Crippen LogP contribution < -0.4 is 15.4 Å². The molecule has 3 aromatic rings. The fourth-order valence-corrected chi connectivity index (χ4v) is 3.49. The molecule has 0 heterocycles. The highest BCUT2D eigenvalue weighted by Gasteiger charge is 2.09. The number of nitrogens with one attached hydrogen (secondary N) is 2. The molecule has 0 spiro atoms. The molecule has 7 heteroatoms. The van der Waals surface area contributed by atoms with Gasteiger partial charge in [-0.15, -0.1) is 11.8 Å². The van der Waals surface area contributed by atoms with E-state index >= 15 is 0 Å². The number of carbonyl (C=O) groups is 2. The van der Waals surface area contributed by atoms with Gasteiger partial charge in [0.1, 0.15) is 5.75 Å². The summed E-state index contributed by atoms with van der Waals surface area (Å²) in [4.78, 5) is 25.5. The maximum Gasteiger partial charge on any atom is 0.255 e. The second-order valence-electron chi connectivity index (χ2n) is 6.06. The number of anilines is 2. The first-order valence-corrected chi connectivity index (χ1v) is 10.1. The van der Waals surface area contributed by atoms with Gasteiger partial charge in [-0.25, -0.2) is 0 Å². The Morgan fingerprint density at radius 1 is 0.931 bits per heavy atom. The fourth-order valence-electron chi connectivity index (χ4n) is 2.54. The van der Waals surface area contributed by atoms with Gasteiger partial charge in [-0.1, -0.05) is 29.8 Å². The summed E-state index contributed by atoms with van der Waals surface area (Å²) < 4.78 is 5.15. The molecule has 2 amide bonds. The summed E-state index contributed by atoms with van der Waals surface area (Å²) in [5, 5.41) is 6.23. The van der Waals surface area contributed by atoms with Crippen molar-refractivity contribution in [1.29, 1.82) is 0 Å². The number of halogens is 1. The first kappa shape index (κ1) is 20.8. The normalized spacial score (nSPS) is 10.3. The highest BCUT2D eigenvalue weighted by atomic mass is 35.5. The minimum absolute atomic E-state index is 0.136. The van der Waals surface area contributed by atoms with E-state index in [4.69, 9.17) is 16.3 Å². The molecule has 148 valence electrons. The zero-order chi connectivity index (χ0) is 20.6. The van der Waals surface area contributed by atoms with Crippen molar-refractivity contribution in [2.75, 3.05) is 23.5 Å². The summed E-state index contributed by atoms with van der Waals surface area (Å²) in [6, 6.07) is 21.3. The number of thioether (sulfide) groups is 1. The van der Waals surface area contributed by atoms with Gasteiger partial charge in [-0.3, -0.25) is 9.59 Å². The van der Waals surface area contributed by atoms with Gasteiger partial charge in [0, 0.05) is 26.9 Å². The number of rotatable bonds is 7. The quantitative estimate of drug-likeness (QED) is 0.501. The van der Waals surface area contributed by atoms with E-state index in [1.807, 2.05) is 18.2 Å². The molecule has 29 heavy (non-hydrogen) atoms. The van der Waals surface area contributed by atoms with Gasteiger partial charge in [0.2, 0.25) is 5.91 Å². The van der Waals surface area contributed by atoms with Crippen LogP contribution in [0.25, 0.3) is 0 Å². The molecule has 0 aliphatic rings. The Morgan fingerprint density at radius 2 is 1.66 bits per heavy atom. The van der Waals surface area contributed by atoms with Crippen molar-refractivity contribution in [1.82, 2.24) is 0 Å². The van der Waals surface area contributed by atoms with Crippen molar-refractivity contribution in [3.8, 4) is 5.75 Å². The molecule has 0 bridgehead atoms. The summed E-state index contributed by atoms with van der Waals surface area (Å²) in [5.41, 5.74) is 1.81. The third kappa shape index (κ3) is 6.27. The standard InChI is InChI=1S/C22H19ClN2O3S/c1-28-19-9-2-5-15(11-19)22(27)25-18-8-4-10-20(13-18)29-14-21(26)24-17-7-3-6-16(23)12-17/h2-13H,14H2,1H3,(H,24,26)(H,25,27). The number of benzene rings is 3. The molecular formula is C22H19ClN2O3S. The average Bonchev–Trinajstić information content (AvgIpc) is 2.72. The Balaban J connectivity index is 1.57. The molecule has 0 unspecified atom stereocenters. The molecule has 0 saturated heterocycles. The van der Waals surface area contributed by atoms with Crippen LogP contribution in [0.3, 0.4) is 0 Å². The van der Waals surface area contributed by atoms with E-state index < -0.39 is 0 Å². The maximum atomic E-state index is 12.4. The van der Waals surface area contributed by atoms with Gasteiger partial charge in [0.15, 0.2) is 0 Å². The lowest BCUT2D eigenvalue weighted by atomic mass is 10.2. The van der Waals surface area contributed by atoms with Crippen LogP contribution in [0.5, 0.6) is 5.75 Å². The van der Waals surface area contributed by atoms with Crippen molar-refractivity contribution < 1.29 is 14.3 Å². The van der Waals surface area contributed by atoms with Gasteiger partial charge < -0.3 is 15.4 Å². The second kappa shape index (κ2) is 10.0. The minimum atomic E-state index is -0.232. The van der Waals surface area contributed by atoms with Crippen molar-refractivity contribution in [2.24, 2.45) is 0 Å². The van der Waals surface area contributed by atoms with Gasteiger partial charge >= 0.3 is 0 Å². The number of ether oxygens (including phenoxy) is 1. The molecule has 2 N–H and O–H groups in total. The summed E-state index contributed by atoms with van der Waals surface area (Å²) >= 11 is 7.30. The summed E-state index contributed by atoms with van der Waals surface area (Å²) in [7, 11) is 1.56. The molecule has 0 radical (unpaired) electrons. The van der Waals surface area contributed by atoms with E-state index in [9.17, 15) is 9.59 Å². The van der Waals surface area contributed by atoms with Crippen LogP contribution in [0, 0.1) is 0 Å². The lowest BCUT2D eigenvalue weighted by molar-refractivity contribution is -0.113. The fraction of sp³-hybridized carbons (Fsp3) is 0.0909. The Morgan fingerprint density at radius 3 is 2.41 bits per heavy atom. The van der Waals surface area contributed by atoms with Crippen LogP contribution in [0.1, 0.15) is 10.4 Å². The predicted molar refractivity (Wildman–Crippen MR) is 118 cm³/mol. The van der Waals surface area contributed by atoms with E-state index in [1.165, 1.54) is 11.8 Å². The van der Waals surface area contributed by atoms with Gasteiger partial charge in [0.25, 0.3) is 5.91 Å². The van der Waals surface area contributed by atoms with E-state index in [1.54, 1.807) is 61.7 Å². The molecule has 0 aliphatic heterocycles. The summed E-state index contributed by atoms with van der Waals surface area (Å²) in [6.45, 7) is 0. The van der Waals surface area contributed by atoms with Crippen LogP contribution in [0.4, 0.5) is 11.4 Å². The monoisotopic (exact) mass is 426 g/mol. The van der Waals surface area contributed by atoms with E-state index in [0.717, 1.165) is 4.90 Å². The molecule has 0 saturated carbocycles. The Bertz CT molecular complexity index is 1030. The number of amides is 2. The Hall–Kier alpha value is -2.96. The highest BCUT2D eigenvalue weighted by molar-refractivity contribution is 8.00. The summed E-state index contributed by atoms with van der Waals surface area (Å²) in [6.07, 6.45) is 0. The van der Waals surface area contributed by atoms with Crippen molar-refractivity contribution in [3.63, 3.8) is 0 Å². The first-order chi connectivity index (χ1) is 14.0. The zero-order valence-electron chi connectivity index (χ0n) is 15.6. The smallest absolute Gasteiger partial charge is 0.255 e. The van der Waals surface area contributed by atoms with Crippen LogP contribution in [-0.4, -0.2) is 24.7 Å². The van der Waals surface area contributed by atoms with Gasteiger partial charge in [-0.05, 0) is 54.6 Å². The number of carbonyl (C=O) groups excluding carboxylic acids is 2. The lowest BCUT2D eigenvalue weighted by Gasteiger charge is -2.09. The number of hydrogen-bond donors (Lipinski definition) is 2. The first-order valence-electron chi connectivity index (χ1n) is 8.77. The Labute approximate surface area is 178 Å². The number of methoxy groups -OCH3 is 1. The molecule has 0 fully saturated rings. The topological polar surface area (TPSA) is 67.4 Å². The molecule has 0 aromatic heterocycles. The predicted octanol–water partition coefficient (Wildman–Crippen LogP) is 5.33. The Kier molecular flexibility index (Phi) is 7.16. The molecule has 3 aromatic carbocycles. The van der Waals surface area contributed by atoms with Crippen LogP contribution in [0.2, 0.25) is 5.02 Å². The van der Waals surface area contributed by atoms with Gasteiger partial charge in [0.05, 0.1) is 12.9 Å². The third-order valence-electron chi connectivity index (χ3n) is 3.90. The van der Waals surface area contributed by atoms with Gasteiger partial charge in [-0.2, -0.15) is 0 Å². The van der Waals surface area contributed by atoms with Crippen molar-refractivity contribution in [3.05, 3.63) is 83.4 Å². The molecule has 0 atom stereocenters. The lowest BCUT2D eigenvalue weighted by Crippen LogP contribution is -2.14. The van der Waals surface area contributed by atoms with Crippen molar-refractivity contribution >= 4 is 46.6 Å².